The molecule has 4 heteroatoms. The van der Waals surface area contributed by atoms with E-state index in [0.717, 1.165) is 63.5 Å². The minimum absolute atomic E-state index is 0.468. The van der Waals surface area contributed by atoms with E-state index in [9.17, 15) is 0 Å². The third kappa shape index (κ3) is 5.52. The van der Waals surface area contributed by atoms with E-state index in [-0.39, 0.29) is 0 Å². The summed E-state index contributed by atoms with van der Waals surface area (Å²) < 4.78 is 9.22. The SMILES string of the molecule is C1=C(c2ccccc2)N=C(c2ccccc2)N=C(c2c3c(cc4ccccc24)COc2cc(-n4c5cc6ccccc6cc5c5ccc6ccccc6c54)ccc2-3)CC1. The van der Waals surface area contributed by atoms with E-state index < -0.39 is 0 Å². The van der Waals surface area contributed by atoms with Crippen molar-refractivity contribution in [2.24, 2.45) is 9.98 Å². The third-order valence-corrected chi connectivity index (χ3v) is 12.1. The molecule has 10 aromatic rings. The van der Waals surface area contributed by atoms with E-state index in [4.69, 9.17) is 14.7 Å². The summed E-state index contributed by atoms with van der Waals surface area (Å²) in [6.07, 6.45) is 3.84. The Labute approximate surface area is 341 Å². The van der Waals surface area contributed by atoms with Crippen LogP contribution in [0.3, 0.4) is 0 Å². The molecule has 0 saturated carbocycles. The lowest BCUT2D eigenvalue weighted by atomic mass is 9.84. The number of ether oxygens (including phenoxy) is 1. The van der Waals surface area contributed by atoms with Crippen LogP contribution in [-0.2, 0) is 6.61 Å². The van der Waals surface area contributed by atoms with Gasteiger partial charge in [-0.2, -0.15) is 0 Å². The highest BCUT2D eigenvalue weighted by atomic mass is 16.5. The summed E-state index contributed by atoms with van der Waals surface area (Å²) >= 11 is 0. The maximum atomic E-state index is 6.77. The van der Waals surface area contributed by atoms with Crippen LogP contribution in [0.2, 0.25) is 0 Å². The van der Waals surface area contributed by atoms with Crippen molar-refractivity contribution in [2.75, 3.05) is 0 Å². The highest BCUT2D eigenvalue weighted by molar-refractivity contribution is 6.23. The highest BCUT2D eigenvalue weighted by Gasteiger charge is 2.27. The normalized spacial score (nSPS) is 14.0. The highest BCUT2D eigenvalue weighted by Crippen LogP contribution is 2.46. The van der Waals surface area contributed by atoms with Crippen LogP contribution in [0, 0.1) is 0 Å². The number of rotatable bonds is 4. The molecule has 0 spiro atoms. The first-order chi connectivity index (χ1) is 29.2. The van der Waals surface area contributed by atoms with Crippen LogP contribution in [0.1, 0.15) is 35.1 Å². The van der Waals surface area contributed by atoms with Crippen LogP contribution in [-0.4, -0.2) is 16.1 Å². The summed E-state index contributed by atoms with van der Waals surface area (Å²) in [6.45, 7) is 0.468. The number of amidine groups is 1. The molecule has 0 N–H and O–H groups in total. The fourth-order valence-corrected chi connectivity index (χ4v) is 9.39. The Bertz CT molecular complexity index is 3430. The van der Waals surface area contributed by atoms with Gasteiger partial charge >= 0.3 is 0 Å². The van der Waals surface area contributed by atoms with Gasteiger partial charge in [-0.05, 0) is 81.2 Å². The van der Waals surface area contributed by atoms with Crippen molar-refractivity contribution in [2.45, 2.75) is 19.4 Å². The van der Waals surface area contributed by atoms with E-state index in [1.807, 2.05) is 12.1 Å². The second-order valence-corrected chi connectivity index (χ2v) is 15.6. The van der Waals surface area contributed by atoms with E-state index in [1.54, 1.807) is 0 Å². The van der Waals surface area contributed by atoms with E-state index in [1.165, 1.54) is 59.7 Å². The van der Waals surface area contributed by atoms with Gasteiger partial charge in [-0.1, -0.05) is 152 Å². The fourth-order valence-electron chi connectivity index (χ4n) is 9.39. The Morgan fingerprint density at radius 2 is 1.19 bits per heavy atom. The molecule has 2 aliphatic rings. The first-order valence-electron chi connectivity index (χ1n) is 20.4. The van der Waals surface area contributed by atoms with Crippen molar-refractivity contribution in [1.29, 1.82) is 0 Å². The third-order valence-electron chi connectivity index (χ3n) is 12.1. The standard InChI is InChI=1S/C55H37N3O/c1-3-15-36(16-4-1)48-24-13-25-49(57-55(56-48)37-17-5-2-6-18-37)53-43-22-11-10-21-40(43)30-41-34-59-51-33-42(27-29-46(51)52(41)53)58-50-32-39-20-8-7-19-38(39)31-47(50)45-28-26-35-14-9-12-23-44(35)54(45)58/h1-12,14-24,26-33H,13,25,34H2. The molecule has 0 aliphatic carbocycles. The van der Waals surface area contributed by atoms with Gasteiger partial charge in [-0.15, -0.1) is 0 Å². The molecular formula is C55H37N3O. The van der Waals surface area contributed by atoms with Crippen molar-refractivity contribution in [3.8, 4) is 22.6 Å². The van der Waals surface area contributed by atoms with Crippen molar-refractivity contribution >= 4 is 71.4 Å². The molecule has 0 atom stereocenters. The quantitative estimate of drug-likeness (QED) is 0.176. The zero-order chi connectivity index (χ0) is 38.9. The van der Waals surface area contributed by atoms with Gasteiger partial charge in [-0.3, -0.25) is 0 Å². The number of nitrogens with zero attached hydrogens (tertiary/aromatic N) is 3. The molecule has 0 amide bonds. The van der Waals surface area contributed by atoms with Gasteiger partial charge in [0.2, 0.25) is 0 Å². The second kappa shape index (κ2) is 13.5. The van der Waals surface area contributed by atoms with E-state index in [2.05, 4.69) is 181 Å². The number of fused-ring (bicyclic) bond motifs is 10. The predicted molar refractivity (Wildman–Crippen MR) is 246 cm³/mol. The molecule has 0 unspecified atom stereocenters. The Morgan fingerprint density at radius 1 is 0.492 bits per heavy atom. The topological polar surface area (TPSA) is 38.9 Å². The van der Waals surface area contributed by atoms with E-state index in [0.29, 0.717) is 12.4 Å². The summed E-state index contributed by atoms with van der Waals surface area (Å²) in [6, 6.07) is 65.2. The fraction of sp³-hybridized carbons (Fsp3) is 0.0545. The predicted octanol–water partition coefficient (Wildman–Crippen LogP) is 13.9. The van der Waals surface area contributed by atoms with Crippen LogP contribution in [0.5, 0.6) is 5.75 Å². The number of allylic oxidation sites excluding steroid dienone is 1. The van der Waals surface area contributed by atoms with Crippen molar-refractivity contribution < 1.29 is 4.74 Å². The van der Waals surface area contributed by atoms with Gasteiger partial charge in [0, 0.05) is 50.2 Å². The Balaban J connectivity index is 1.08. The van der Waals surface area contributed by atoms with Gasteiger partial charge in [0.05, 0.1) is 22.4 Å². The molecule has 0 fully saturated rings. The van der Waals surface area contributed by atoms with Crippen LogP contribution in [0.15, 0.2) is 198 Å². The first kappa shape index (κ1) is 33.6. The molecule has 278 valence electrons. The summed E-state index contributed by atoms with van der Waals surface area (Å²) in [4.78, 5) is 10.8. The molecule has 1 aromatic heterocycles. The smallest absolute Gasteiger partial charge is 0.160 e. The largest absolute Gasteiger partial charge is 0.488 e. The number of benzene rings is 9. The maximum absolute atomic E-state index is 6.77. The zero-order valence-electron chi connectivity index (χ0n) is 32.3. The molecule has 0 bridgehead atoms. The van der Waals surface area contributed by atoms with Crippen LogP contribution in [0.4, 0.5) is 0 Å². The van der Waals surface area contributed by atoms with Crippen LogP contribution in [0.25, 0.3) is 76.6 Å². The molecule has 2 aliphatic heterocycles. The molecular weight excluding hydrogens is 719 g/mol. The number of hydrogen-bond acceptors (Lipinski definition) is 3. The molecule has 0 saturated heterocycles. The van der Waals surface area contributed by atoms with Crippen molar-refractivity contribution in [1.82, 2.24) is 4.57 Å². The average Bonchev–Trinajstić information content (AvgIpc) is 3.61. The second-order valence-electron chi connectivity index (χ2n) is 15.6. The molecule has 59 heavy (non-hydrogen) atoms. The van der Waals surface area contributed by atoms with Crippen LogP contribution < -0.4 is 4.74 Å². The molecule has 3 heterocycles. The average molecular weight is 756 g/mol. The Morgan fingerprint density at radius 3 is 2.00 bits per heavy atom. The Hall–Kier alpha value is -7.56. The first-order valence-corrected chi connectivity index (χ1v) is 20.4. The van der Waals surface area contributed by atoms with Gasteiger partial charge in [0.15, 0.2) is 5.84 Å². The van der Waals surface area contributed by atoms with Gasteiger partial charge < -0.3 is 9.30 Å². The van der Waals surface area contributed by atoms with Crippen molar-refractivity contribution in [3.63, 3.8) is 0 Å². The van der Waals surface area contributed by atoms with Gasteiger partial charge in [0.25, 0.3) is 0 Å². The molecule has 4 nitrogen and oxygen atoms in total. The lowest BCUT2D eigenvalue weighted by molar-refractivity contribution is 0.302. The number of aliphatic imine (C=N–C) groups is 2. The zero-order valence-corrected chi connectivity index (χ0v) is 32.3. The lowest BCUT2D eigenvalue weighted by Gasteiger charge is -2.27. The van der Waals surface area contributed by atoms with Gasteiger partial charge in [0.1, 0.15) is 12.4 Å². The summed E-state index contributed by atoms with van der Waals surface area (Å²) in [7, 11) is 0. The lowest BCUT2D eigenvalue weighted by Crippen LogP contribution is -2.15. The Kier molecular flexibility index (Phi) is 7.70. The monoisotopic (exact) mass is 755 g/mol. The summed E-state index contributed by atoms with van der Waals surface area (Å²) in [5.41, 5.74) is 12.1. The summed E-state index contributed by atoms with van der Waals surface area (Å²) in [5, 5.41) is 9.75. The number of hydrogen-bond donors (Lipinski definition) is 0. The number of aromatic nitrogens is 1. The van der Waals surface area contributed by atoms with E-state index >= 15 is 0 Å². The minimum atomic E-state index is 0.468. The van der Waals surface area contributed by atoms with Crippen LogP contribution >= 0.6 is 0 Å². The maximum Gasteiger partial charge on any atom is 0.160 e. The molecule has 9 aromatic carbocycles. The molecule has 12 rings (SSSR count). The summed E-state index contributed by atoms with van der Waals surface area (Å²) in [5.74, 6) is 1.59. The van der Waals surface area contributed by atoms with Gasteiger partial charge in [-0.25, -0.2) is 9.98 Å². The minimum Gasteiger partial charge on any atom is -0.488 e. The van der Waals surface area contributed by atoms with Crippen molar-refractivity contribution in [3.05, 3.63) is 210 Å². The molecule has 0 radical (unpaired) electrons.